The van der Waals surface area contributed by atoms with E-state index in [1.165, 1.54) is 0 Å². The second-order valence-electron chi connectivity index (χ2n) is 5.59. The van der Waals surface area contributed by atoms with Gasteiger partial charge < -0.3 is 5.32 Å². The van der Waals surface area contributed by atoms with E-state index >= 15 is 0 Å². The van der Waals surface area contributed by atoms with Crippen molar-refractivity contribution >= 4 is 21.6 Å². The van der Waals surface area contributed by atoms with E-state index in [4.69, 9.17) is 11.6 Å². The molecular formula is C15H23ClN2O2S. The third-order valence-electron chi connectivity index (χ3n) is 3.66. The maximum absolute atomic E-state index is 12.8. The summed E-state index contributed by atoms with van der Waals surface area (Å²) in [5.41, 5.74) is 0.905. The molecule has 0 saturated heterocycles. The molecule has 118 valence electrons. The highest BCUT2D eigenvalue weighted by Gasteiger charge is 2.31. The molecule has 0 amide bonds. The summed E-state index contributed by atoms with van der Waals surface area (Å²) in [6.45, 7) is 3.82. The number of halogens is 1. The monoisotopic (exact) mass is 330 g/mol. The molecule has 0 radical (unpaired) electrons. The Morgan fingerprint density at radius 1 is 1.38 bits per heavy atom. The summed E-state index contributed by atoms with van der Waals surface area (Å²) in [7, 11) is -1.61. The maximum atomic E-state index is 12.8. The molecule has 0 aliphatic heterocycles. The summed E-state index contributed by atoms with van der Waals surface area (Å²) in [5.74, 6) is 0.533. The van der Waals surface area contributed by atoms with Crippen LogP contribution in [-0.2, 0) is 16.6 Å². The van der Waals surface area contributed by atoms with Crippen molar-refractivity contribution < 1.29 is 8.42 Å². The summed E-state index contributed by atoms with van der Waals surface area (Å²) < 4.78 is 27.1. The summed E-state index contributed by atoms with van der Waals surface area (Å²) in [5, 5.41) is 3.51. The minimum absolute atomic E-state index is 0.293. The molecule has 1 aliphatic carbocycles. The van der Waals surface area contributed by atoms with E-state index in [1.807, 2.05) is 14.0 Å². The van der Waals surface area contributed by atoms with Crippen LogP contribution in [0.5, 0.6) is 0 Å². The van der Waals surface area contributed by atoms with Gasteiger partial charge in [0.1, 0.15) is 0 Å². The molecule has 1 fully saturated rings. The number of nitrogens with zero attached hydrogens (tertiary/aromatic N) is 1. The Hall–Kier alpha value is -0.620. The number of hydrogen-bond donors (Lipinski definition) is 1. The Labute approximate surface area is 132 Å². The average molecular weight is 331 g/mol. The van der Waals surface area contributed by atoms with Gasteiger partial charge in [-0.3, -0.25) is 0 Å². The standard InChI is InChI=1S/C15H23ClN2O2S/c1-3-8-18(11-12-4-5-12)21(19,20)14-7-6-13(10-17-2)15(16)9-14/h6-7,9,12,17H,3-5,8,10-11H2,1-2H3. The number of nitrogens with one attached hydrogen (secondary N) is 1. The Bertz CT molecular complexity index is 585. The fraction of sp³-hybridized carbons (Fsp3) is 0.600. The molecule has 6 heteroatoms. The summed E-state index contributed by atoms with van der Waals surface area (Å²) in [6.07, 6.45) is 3.09. The minimum Gasteiger partial charge on any atom is -0.316 e. The first-order chi connectivity index (χ1) is 9.98. The maximum Gasteiger partial charge on any atom is 0.243 e. The SMILES string of the molecule is CCCN(CC1CC1)S(=O)(=O)c1ccc(CNC)c(Cl)c1. The van der Waals surface area contributed by atoms with Crippen LogP contribution < -0.4 is 5.32 Å². The number of hydrogen-bond acceptors (Lipinski definition) is 3. The zero-order valence-electron chi connectivity index (χ0n) is 12.6. The van der Waals surface area contributed by atoms with Gasteiger partial charge in [-0.15, -0.1) is 0 Å². The van der Waals surface area contributed by atoms with E-state index < -0.39 is 10.0 Å². The zero-order chi connectivity index (χ0) is 15.5. The van der Waals surface area contributed by atoms with Crippen LogP contribution in [0.25, 0.3) is 0 Å². The molecule has 0 aromatic heterocycles. The predicted molar refractivity (Wildman–Crippen MR) is 86.0 cm³/mol. The molecule has 1 N–H and O–H groups in total. The molecule has 1 aromatic rings. The number of rotatable bonds is 8. The van der Waals surface area contributed by atoms with E-state index in [0.717, 1.165) is 24.8 Å². The Morgan fingerprint density at radius 3 is 2.62 bits per heavy atom. The fourth-order valence-corrected chi connectivity index (χ4v) is 4.27. The molecule has 0 spiro atoms. The van der Waals surface area contributed by atoms with Crippen LogP contribution in [0.2, 0.25) is 5.02 Å². The van der Waals surface area contributed by atoms with Gasteiger partial charge in [-0.05, 0) is 49.9 Å². The quantitative estimate of drug-likeness (QED) is 0.797. The van der Waals surface area contributed by atoms with Gasteiger partial charge in [0.25, 0.3) is 0 Å². The van der Waals surface area contributed by atoms with Crippen LogP contribution in [-0.4, -0.2) is 32.9 Å². The predicted octanol–water partition coefficient (Wildman–Crippen LogP) is 2.87. The van der Waals surface area contributed by atoms with Crippen LogP contribution in [0.1, 0.15) is 31.7 Å². The van der Waals surface area contributed by atoms with Crippen LogP contribution in [0.3, 0.4) is 0 Å². The lowest BCUT2D eigenvalue weighted by molar-refractivity contribution is 0.395. The van der Waals surface area contributed by atoms with Gasteiger partial charge in [0, 0.05) is 24.7 Å². The van der Waals surface area contributed by atoms with Crippen molar-refractivity contribution in [3.05, 3.63) is 28.8 Å². The smallest absolute Gasteiger partial charge is 0.243 e. The van der Waals surface area contributed by atoms with E-state index in [-0.39, 0.29) is 0 Å². The first-order valence-electron chi connectivity index (χ1n) is 7.42. The van der Waals surface area contributed by atoms with Crippen molar-refractivity contribution in [2.24, 2.45) is 5.92 Å². The van der Waals surface area contributed by atoms with Crippen molar-refractivity contribution in [3.8, 4) is 0 Å². The van der Waals surface area contributed by atoms with Gasteiger partial charge in [0.05, 0.1) is 4.90 Å². The van der Waals surface area contributed by atoms with Crippen LogP contribution in [0, 0.1) is 5.92 Å². The average Bonchev–Trinajstić information content (AvgIpc) is 3.24. The summed E-state index contributed by atoms with van der Waals surface area (Å²) in [4.78, 5) is 0.293. The van der Waals surface area contributed by atoms with Gasteiger partial charge in [0.15, 0.2) is 0 Å². The van der Waals surface area contributed by atoms with Crippen molar-refractivity contribution in [2.45, 2.75) is 37.6 Å². The topological polar surface area (TPSA) is 49.4 Å². The van der Waals surface area contributed by atoms with E-state index in [9.17, 15) is 8.42 Å². The van der Waals surface area contributed by atoms with Crippen molar-refractivity contribution in [1.29, 1.82) is 0 Å². The summed E-state index contributed by atoms with van der Waals surface area (Å²) >= 11 is 6.19. The molecule has 1 aliphatic rings. The molecule has 0 heterocycles. The van der Waals surface area contributed by atoms with Gasteiger partial charge in [-0.25, -0.2) is 8.42 Å². The second kappa shape index (κ2) is 7.09. The van der Waals surface area contributed by atoms with Crippen molar-refractivity contribution in [3.63, 3.8) is 0 Å². The van der Waals surface area contributed by atoms with Crippen molar-refractivity contribution in [2.75, 3.05) is 20.1 Å². The van der Waals surface area contributed by atoms with Gasteiger partial charge in [-0.1, -0.05) is 24.6 Å². The van der Waals surface area contributed by atoms with Crippen LogP contribution in [0.15, 0.2) is 23.1 Å². The summed E-state index contributed by atoms with van der Waals surface area (Å²) in [6, 6.07) is 5.01. The van der Waals surface area contributed by atoms with E-state index in [2.05, 4.69) is 5.32 Å². The van der Waals surface area contributed by atoms with Crippen LogP contribution >= 0.6 is 11.6 Å². The lowest BCUT2D eigenvalue weighted by Crippen LogP contribution is -2.33. The largest absolute Gasteiger partial charge is 0.316 e. The number of benzene rings is 1. The highest BCUT2D eigenvalue weighted by Crippen LogP contribution is 2.32. The second-order valence-corrected chi connectivity index (χ2v) is 7.94. The normalized spacial score (nSPS) is 15.6. The molecule has 21 heavy (non-hydrogen) atoms. The minimum atomic E-state index is -3.44. The molecule has 1 saturated carbocycles. The Kier molecular flexibility index (Phi) is 5.66. The van der Waals surface area contributed by atoms with E-state index in [1.54, 1.807) is 22.5 Å². The number of sulfonamides is 1. The third-order valence-corrected chi connectivity index (χ3v) is 5.87. The lowest BCUT2D eigenvalue weighted by Gasteiger charge is -2.22. The molecule has 0 bridgehead atoms. The van der Waals surface area contributed by atoms with Gasteiger partial charge in [0.2, 0.25) is 10.0 Å². The Balaban J connectivity index is 2.25. The highest BCUT2D eigenvalue weighted by atomic mass is 35.5. The van der Waals surface area contributed by atoms with Crippen LogP contribution in [0.4, 0.5) is 0 Å². The molecule has 0 atom stereocenters. The first kappa shape index (κ1) is 16.7. The third kappa shape index (κ3) is 4.19. The molecule has 0 unspecified atom stereocenters. The zero-order valence-corrected chi connectivity index (χ0v) is 14.2. The molecular weight excluding hydrogens is 308 g/mol. The highest BCUT2D eigenvalue weighted by molar-refractivity contribution is 7.89. The lowest BCUT2D eigenvalue weighted by atomic mass is 10.2. The molecule has 1 aromatic carbocycles. The van der Waals surface area contributed by atoms with Gasteiger partial charge in [-0.2, -0.15) is 4.31 Å². The van der Waals surface area contributed by atoms with Gasteiger partial charge >= 0.3 is 0 Å². The first-order valence-corrected chi connectivity index (χ1v) is 9.24. The molecule has 2 rings (SSSR count). The Morgan fingerprint density at radius 2 is 2.10 bits per heavy atom. The molecule has 4 nitrogen and oxygen atoms in total. The van der Waals surface area contributed by atoms with Crippen molar-refractivity contribution in [1.82, 2.24) is 9.62 Å². The fourth-order valence-electron chi connectivity index (χ4n) is 2.32. The van der Waals surface area contributed by atoms with E-state index in [0.29, 0.717) is 35.5 Å².